The molecular formula is C8H10N2O2S. The summed E-state index contributed by atoms with van der Waals surface area (Å²) in [6.45, 7) is 2.62. The molecule has 0 aliphatic carbocycles. The second-order valence-electron chi connectivity index (χ2n) is 2.94. The monoisotopic (exact) mass is 198 g/mol. The molecule has 1 aliphatic rings. The van der Waals surface area contributed by atoms with Crippen LogP contribution >= 0.6 is 11.8 Å². The molecule has 13 heavy (non-hydrogen) atoms. The molecule has 0 saturated carbocycles. The SMILES string of the molecule is Cc1coc(SC2CCNC2=O)n1. The van der Waals surface area contributed by atoms with E-state index in [1.165, 1.54) is 11.8 Å². The van der Waals surface area contributed by atoms with E-state index < -0.39 is 0 Å². The van der Waals surface area contributed by atoms with Gasteiger partial charge in [0.2, 0.25) is 5.91 Å². The highest BCUT2D eigenvalue weighted by Crippen LogP contribution is 2.26. The maximum atomic E-state index is 11.2. The number of aromatic nitrogens is 1. The number of aryl methyl sites for hydroxylation is 1. The van der Waals surface area contributed by atoms with Crippen molar-refractivity contribution in [2.24, 2.45) is 0 Å². The van der Waals surface area contributed by atoms with E-state index in [2.05, 4.69) is 10.3 Å². The molecule has 1 aromatic rings. The zero-order valence-corrected chi connectivity index (χ0v) is 8.06. The summed E-state index contributed by atoms with van der Waals surface area (Å²) in [6.07, 6.45) is 2.44. The number of amides is 1. The van der Waals surface area contributed by atoms with Crippen molar-refractivity contribution in [1.29, 1.82) is 0 Å². The van der Waals surface area contributed by atoms with Crippen LogP contribution < -0.4 is 5.32 Å². The Morgan fingerprint density at radius 2 is 2.62 bits per heavy atom. The molecule has 0 spiro atoms. The van der Waals surface area contributed by atoms with Crippen molar-refractivity contribution in [3.05, 3.63) is 12.0 Å². The minimum absolute atomic E-state index is 0.0296. The zero-order valence-electron chi connectivity index (χ0n) is 7.24. The van der Waals surface area contributed by atoms with E-state index in [1.807, 2.05) is 6.92 Å². The second kappa shape index (κ2) is 3.41. The van der Waals surface area contributed by atoms with Crippen molar-refractivity contribution in [3.63, 3.8) is 0 Å². The molecule has 0 bridgehead atoms. The fourth-order valence-electron chi connectivity index (χ4n) is 1.19. The van der Waals surface area contributed by atoms with Gasteiger partial charge in [0.1, 0.15) is 6.26 Å². The summed E-state index contributed by atoms with van der Waals surface area (Å²) in [5.74, 6) is 0.0841. The van der Waals surface area contributed by atoms with Crippen LogP contribution in [0.2, 0.25) is 0 Å². The van der Waals surface area contributed by atoms with Crippen LogP contribution in [-0.4, -0.2) is 22.7 Å². The summed E-state index contributed by atoms with van der Waals surface area (Å²) < 4.78 is 5.15. The van der Waals surface area contributed by atoms with Gasteiger partial charge in [-0.1, -0.05) is 11.8 Å². The molecular weight excluding hydrogens is 188 g/mol. The van der Waals surface area contributed by atoms with Gasteiger partial charge >= 0.3 is 0 Å². The average Bonchev–Trinajstić information content (AvgIpc) is 2.64. The summed E-state index contributed by atoms with van der Waals surface area (Å²) in [6, 6.07) is 0. The third kappa shape index (κ3) is 1.85. The van der Waals surface area contributed by atoms with E-state index in [1.54, 1.807) is 6.26 Å². The number of hydrogen-bond acceptors (Lipinski definition) is 4. The molecule has 0 aromatic carbocycles. The lowest BCUT2D eigenvalue weighted by Gasteiger charge is -2.00. The van der Waals surface area contributed by atoms with E-state index in [4.69, 9.17) is 4.42 Å². The van der Waals surface area contributed by atoms with Crippen LogP contribution in [0.4, 0.5) is 0 Å². The van der Waals surface area contributed by atoms with Crippen molar-refractivity contribution < 1.29 is 9.21 Å². The fraction of sp³-hybridized carbons (Fsp3) is 0.500. The Bertz CT molecular complexity index is 324. The zero-order chi connectivity index (χ0) is 9.26. The van der Waals surface area contributed by atoms with Gasteiger partial charge in [-0.3, -0.25) is 4.79 Å². The van der Waals surface area contributed by atoms with Crippen LogP contribution in [0.5, 0.6) is 0 Å². The number of thioether (sulfide) groups is 1. The first-order valence-corrected chi connectivity index (χ1v) is 5.00. The largest absolute Gasteiger partial charge is 0.440 e. The van der Waals surface area contributed by atoms with E-state index in [-0.39, 0.29) is 11.2 Å². The van der Waals surface area contributed by atoms with Crippen molar-refractivity contribution in [3.8, 4) is 0 Å². The average molecular weight is 198 g/mol. The van der Waals surface area contributed by atoms with Crippen LogP contribution in [0.15, 0.2) is 15.9 Å². The van der Waals surface area contributed by atoms with Gasteiger partial charge in [-0.25, -0.2) is 4.98 Å². The maximum absolute atomic E-state index is 11.2. The van der Waals surface area contributed by atoms with Crippen LogP contribution in [0.1, 0.15) is 12.1 Å². The van der Waals surface area contributed by atoms with E-state index >= 15 is 0 Å². The quantitative estimate of drug-likeness (QED) is 0.769. The Labute approximate surface area is 80.1 Å². The molecule has 4 nitrogen and oxygen atoms in total. The van der Waals surface area contributed by atoms with E-state index in [9.17, 15) is 4.79 Å². The van der Waals surface area contributed by atoms with Gasteiger partial charge in [-0.15, -0.1) is 0 Å². The topological polar surface area (TPSA) is 55.1 Å². The molecule has 1 unspecified atom stereocenters. The second-order valence-corrected chi connectivity index (χ2v) is 4.09. The van der Waals surface area contributed by atoms with Crippen molar-refractivity contribution in [2.75, 3.05) is 6.54 Å². The van der Waals surface area contributed by atoms with Crippen LogP contribution in [-0.2, 0) is 4.79 Å². The smallest absolute Gasteiger partial charge is 0.256 e. The van der Waals surface area contributed by atoms with Gasteiger partial charge in [0.05, 0.1) is 10.9 Å². The molecule has 1 fully saturated rings. The van der Waals surface area contributed by atoms with Gasteiger partial charge in [0, 0.05) is 6.54 Å². The highest BCUT2D eigenvalue weighted by Gasteiger charge is 2.26. The predicted molar refractivity (Wildman–Crippen MR) is 48.5 cm³/mol. The summed E-state index contributed by atoms with van der Waals surface area (Å²) in [5.41, 5.74) is 0.848. The maximum Gasteiger partial charge on any atom is 0.256 e. The molecule has 2 heterocycles. The molecule has 1 amide bonds. The lowest BCUT2D eigenvalue weighted by Crippen LogP contribution is -2.20. The summed E-state index contributed by atoms with van der Waals surface area (Å²) in [5, 5.41) is 3.32. The Hall–Kier alpha value is -0.970. The van der Waals surface area contributed by atoms with Gasteiger partial charge in [0.25, 0.3) is 5.22 Å². The molecule has 2 rings (SSSR count). The first kappa shape index (κ1) is 8.62. The summed E-state index contributed by atoms with van der Waals surface area (Å²) in [4.78, 5) is 15.3. The number of nitrogens with zero attached hydrogens (tertiary/aromatic N) is 1. The predicted octanol–water partition coefficient (Wildman–Crippen LogP) is 0.964. The van der Waals surface area contributed by atoms with Crippen LogP contribution in [0, 0.1) is 6.92 Å². The number of hydrogen-bond donors (Lipinski definition) is 1. The van der Waals surface area contributed by atoms with Gasteiger partial charge in [0.15, 0.2) is 0 Å². The number of oxazole rings is 1. The Balaban J connectivity index is 2.01. The Morgan fingerprint density at radius 3 is 3.15 bits per heavy atom. The highest BCUT2D eigenvalue weighted by atomic mass is 32.2. The van der Waals surface area contributed by atoms with Crippen molar-refractivity contribution >= 4 is 17.7 Å². The standard InChI is InChI=1S/C8H10N2O2S/c1-5-4-12-8(10-5)13-6-2-3-9-7(6)11/h4,6H,2-3H2,1H3,(H,9,11). The molecule has 1 N–H and O–H groups in total. The Kier molecular flexibility index (Phi) is 2.26. The first-order valence-electron chi connectivity index (χ1n) is 4.12. The molecule has 1 aliphatic heterocycles. The van der Waals surface area contributed by atoms with Crippen molar-refractivity contribution in [1.82, 2.24) is 10.3 Å². The van der Waals surface area contributed by atoms with Gasteiger partial charge in [-0.05, 0) is 13.3 Å². The van der Waals surface area contributed by atoms with Crippen LogP contribution in [0.3, 0.4) is 0 Å². The van der Waals surface area contributed by atoms with Gasteiger partial charge in [-0.2, -0.15) is 0 Å². The highest BCUT2D eigenvalue weighted by molar-refractivity contribution is 8.00. The normalized spacial score (nSPS) is 21.9. The third-order valence-corrected chi connectivity index (χ3v) is 2.96. The molecule has 1 saturated heterocycles. The first-order chi connectivity index (χ1) is 6.25. The van der Waals surface area contributed by atoms with E-state index in [0.717, 1.165) is 18.7 Å². The van der Waals surface area contributed by atoms with Gasteiger partial charge < -0.3 is 9.73 Å². The number of rotatable bonds is 2. The minimum Gasteiger partial charge on any atom is -0.440 e. The molecule has 5 heteroatoms. The molecule has 0 radical (unpaired) electrons. The lowest BCUT2D eigenvalue weighted by atomic mass is 10.4. The van der Waals surface area contributed by atoms with E-state index in [0.29, 0.717) is 5.22 Å². The molecule has 70 valence electrons. The summed E-state index contributed by atoms with van der Waals surface area (Å²) >= 11 is 1.39. The van der Waals surface area contributed by atoms with Crippen LogP contribution in [0.25, 0.3) is 0 Å². The molecule has 1 atom stereocenters. The number of nitrogens with one attached hydrogen (secondary N) is 1. The van der Waals surface area contributed by atoms with Crippen molar-refractivity contribution in [2.45, 2.75) is 23.8 Å². The summed E-state index contributed by atoms with van der Waals surface area (Å²) in [7, 11) is 0. The lowest BCUT2D eigenvalue weighted by molar-refractivity contribution is -0.118. The third-order valence-electron chi connectivity index (χ3n) is 1.84. The minimum atomic E-state index is -0.0296. The Morgan fingerprint density at radius 1 is 1.77 bits per heavy atom. The number of carbonyl (C=O) groups is 1. The fourth-order valence-corrected chi connectivity index (χ4v) is 2.16. The number of carbonyl (C=O) groups excluding carboxylic acids is 1. The molecule has 1 aromatic heterocycles.